The zero-order chi connectivity index (χ0) is 21.5. The van der Waals surface area contributed by atoms with Crippen LogP contribution in [0.3, 0.4) is 0 Å². The van der Waals surface area contributed by atoms with Crippen molar-refractivity contribution in [3.63, 3.8) is 0 Å². The van der Waals surface area contributed by atoms with E-state index in [9.17, 15) is 35.2 Å². The number of carbonyl (C=O) groups excluding carboxylic acids is 1. The van der Waals surface area contributed by atoms with E-state index in [4.69, 9.17) is 0 Å². The van der Waals surface area contributed by atoms with E-state index in [1.165, 1.54) is 0 Å². The topological polar surface area (TPSA) is 60.4 Å². The number of esters is 1. The van der Waals surface area contributed by atoms with Gasteiger partial charge in [0, 0.05) is 11.8 Å². The normalized spacial score (nSPS) is 21.4. The van der Waals surface area contributed by atoms with Gasteiger partial charge in [0.25, 0.3) is 0 Å². The first kappa shape index (κ1) is 22.6. The number of alkyl halides is 5. The number of ether oxygens (including phenoxy) is 1. The summed E-state index contributed by atoms with van der Waals surface area (Å²) in [7, 11) is -3.18. The Hall–Kier alpha value is -1.71. The molecule has 1 aliphatic carbocycles. The molecule has 1 aromatic carbocycles. The van der Waals surface area contributed by atoms with Gasteiger partial charge in [0.15, 0.2) is 9.84 Å². The first-order valence-corrected chi connectivity index (χ1v) is 10.5. The van der Waals surface area contributed by atoms with Crippen LogP contribution in [0.5, 0.6) is 0 Å². The highest BCUT2D eigenvalue weighted by molar-refractivity contribution is 7.90. The molecule has 0 aliphatic heterocycles. The van der Waals surface area contributed by atoms with Crippen LogP contribution in [0.2, 0.25) is 0 Å². The van der Waals surface area contributed by atoms with Crippen molar-refractivity contribution in [1.29, 1.82) is 0 Å². The van der Waals surface area contributed by atoms with Crippen molar-refractivity contribution in [2.45, 2.75) is 55.5 Å². The van der Waals surface area contributed by atoms with Crippen LogP contribution in [0.25, 0.3) is 0 Å². The number of halogens is 5. The molecule has 1 aliphatic rings. The van der Waals surface area contributed by atoms with Gasteiger partial charge in [0.1, 0.15) is 0 Å². The lowest BCUT2D eigenvalue weighted by Crippen LogP contribution is -2.36. The molecule has 4 nitrogen and oxygen atoms in total. The number of carbonyl (C=O) groups is 1. The predicted molar refractivity (Wildman–Crippen MR) is 91.2 cm³/mol. The fourth-order valence-corrected chi connectivity index (χ4v) is 4.48. The molecular weight excluding hydrogens is 407 g/mol. The summed E-state index contributed by atoms with van der Waals surface area (Å²) in [5.41, 5.74) is -2.81. The highest BCUT2D eigenvalue weighted by atomic mass is 32.2. The second kappa shape index (κ2) is 7.61. The fraction of sp³-hybridized carbons (Fsp3) is 0.611. The van der Waals surface area contributed by atoms with Gasteiger partial charge in [-0.3, -0.25) is 0 Å². The van der Waals surface area contributed by atoms with Gasteiger partial charge in [0.05, 0.1) is 17.6 Å². The van der Waals surface area contributed by atoms with Gasteiger partial charge < -0.3 is 4.74 Å². The smallest absolute Gasteiger partial charge is 0.458 e. The fourth-order valence-electron chi connectivity index (χ4n) is 3.50. The molecule has 1 aromatic rings. The van der Waals surface area contributed by atoms with Crippen molar-refractivity contribution in [1.82, 2.24) is 0 Å². The van der Waals surface area contributed by atoms with Crippen molar-refractivity contribution in [3.8, 4) is 0 Å². The third-order valence-electron chi connectivity index (χ3n) is 5.10. The molecule has 0 unspecified atom stereocenters. The molecule has 0 amide bonds. The number of methoxy groups -OCH3 is 1. The van der Waals surface area contributed by atoms with Crippen LogP contribution in [-0.2, 0) is 20.5 Å². The molecule has 0 bridgehead atoms. The lowest BCUT2D eigenvalue weighted by atomic mass is 9.78. The van der Waals surface area contributed by atoms with Gasteiger partial charge in [-0.2, -0.15) is 22.0 Å². The molecule has 28 heavy (non-hydrogen) atoms. The molecule has 0 aromatic heterocycles. The van der Waals surface area contributed by atoms with E-state index in [2.05, 4.69) is 4.74 Å². The minimum absolute atomic E-state index is 0.110. The molecule has 0 heterocycles. The Kier molecular flexibility index (Phi) is 6.13. The van der Waals surface area contributed by atoms with Crippen molar-refractivity contribution in [3.05, 3.63) is 28.8 Å². The Morgan fingerprint density at radius 3 is 2.04 bits per heavy atom. The van der Waals surface area contributed by atoms with Crippen LogP contribution in [0.1, 0.15) is 60.0 Å². The second-order valence-corrected chi connectivity index (χ2v) is 9.21. The van der Waals surface area contributed by atoms with Crippen molar-refractivity contribution in [2.75, 3.05) is 13.4 Å². The lowest BCUT2D eigenvalue weighted by Gasteiger charge is -2.30. The van der Waals surface area contributed by atoms with Crippen molar-refractivity contribution in [2.24, 2.45) is 5.92 Å². The van der Waals surface area contributed by atoms with Gasteiger partial charge in [-0.25, -0.2) is 13.2 Å². The third-order valence-corrected chi connectivity index (χ3v) is 6.26. The van der Waals surface area contributed by atoms with E-state index < -0.39 is 49.8 Å². The maximum Gasteiger partial charge on any atom is 0.458 e. The zero-order valence-electron chi connectivity index (χ0n) is 15.6. The Morgan fingerprint density at radius 1 is 1.07 bits per heavy atom. The summed E-state index contributed by atoms with van der Waals surface area (Å²) in [5, 5.41) is 0. The number of rotatable bonds is 4. The Bertz CT molecular complexity index is 853. The van der Waals surface area contributed by atoms with E-state index in [0.29, 0.717) is 43.7 Å². The summed E-state index contributed by atoms with van der Waals surface area (Å²) < 4.78 is 96.1. The molecule has 0 atom stereocenters. The van der Waals surface area contributed by atoms with E-state index in [1.807, 2.05) is 6.92 Å². The first-order chi connectivity index (χ1) is 12.7. The average Bonchev–Trinajstić information content (AvgIpc) is 2.58. The number of benzene rings is 1. The van der Waals surface area contributed by atoms with E-state index in [0.717, 1.165) is 13.4 Å². The van der Waals surface area contributed by atoms with Gasteiger partial charge >= 0.3 is 18.1 Å². The molecule has 1 saturated carbocycles. The maximum absolute atomic E-state index is 14.2. The zero-order valence-corrected chi connectivity index (χ0v) is 16.4. The highest BCUT2D eigenvalue weighted by Gasteiger charge is 2.60. The van der Waals surface area contributed by atoms with Crippen LogP contribution in [0.4, 0.5) is 22.0 Å². The molecule has 0 N–H and O–H groups in total. The standard InChI is InChI=1S/C18H21F5O4S/c1-10-4-6-11(7-5-10)12-8-14(17(19,20)18(21,22)23)13(16(24)27-2)9-15(12)28(3,25)26/h8-11H,4-7H2,1-3H3. The van der Waals surface area contributed by atoms with Gasteiger partial charge in [0.2, 0.25) is 0 Å². The summed E-state index contributed by atoms with van der Waals surface area (Å²) in [4.78, 5) is 11.5. The molecule has 1 fully saturated rings. The van der Waals surface area contributed by atoms with Crippen LogP contribution in [0, 0.1) is 5.92 Å². The predicted octanol–water partition coefficient (Wildman–Crippen LogP) is 4.82. The Morgan fingerprint density at radius 2 is 1.61 bits per heavy atom. The second-order valence-electron chi connectivity index (χ2n) is 7.23. The monoisotopic (exact) mass is 428 g/mol. The molecule has 10 heteroatoms. The van der Waals surface area contributed by atoms with Crippen molar-refractivity contribution >= 4 is 15.8 Å². The van der Waals surface area contributed by atoms with E-state index >= 15 is 0 Å². The van der Waals surface area contributed by atoms with E-state index in [-0.39, 0.29) is 5.56 Å². The average molecular weight is 428 g/mol. The minimum atomic E-state index is -5.96. The molecule has 0 saturated heterocycles. The Balaban J connectivity index is 2.80. The summed E-state index contributed by atoms with van der Waals surface area (Å²) in [6.45, 7) is 1.98. The molecular formula is C18H21F5O4S. The summed E-state index contributed by atoms with van der Waals surface area (Å²) >= 11 is 0. The van der Waals surface area contributed by atoms with Crippen LogP contribution in [0.15, 0.2) is 17.0 Å². The summed E-state index contributed by atoms with van der Waals surface area (Å²) in [5.74, 6) is -6.95. The number of sulfone groups is 1. The van der Waals surface area contributed by atoms with Gasteiger partial charge in [-0.05, 0) is 42.4 Å². The quantitative estimate of drug-likeness (QED) is 0.509. The molecule has 2 rings (SSSR count). The van der Waals surface area contributed by atoms with Crippen LogP contribution >= 0.6 is 0 Å². The molecule has 0 radical (unpaired) electrons. The lowest BCUT2D eigenvalue weighted by molar-refractivity contribution is -0.289. The van der Waals surface area contributed by atoms with Gasteiger partial charge in [-0.1, -0.05) is 19.8 Å². The summed E-state index contributed by atoms with van der Waals surface area (Å²) in [6, 6.07) is 1.11. The number of hydrogen-bond acceptors (Lipinski definition) is 4. The largest absolute Gasteiger partial charge is 0.465 e. The number of hydrogen-bond donors (Lipinski definition) is 0. The third kappa shape index (κ3) is 4.31. The van der Waals surface area contributed by atoms with Gasteiger partial charge in [-0.15, -0.1) is 0 Å². The summed E-state index contributed by atoms with van der Waals surface area (Å²) in [6.07, 6.45) is -2.84. The minimum Gasteiger partial charge on any atom is -0.465 e. The highest BCUT2D eigenvalue weighted by Crippen LogP contribution is 2.48. The van der Waals surface area contributed by atoms with Crippen LogP contribution < -0.4 is 0 Å². The molecule has 0 spiro atoms. The first-order valence-electron chi connectivity index (χ1n) is 8.61. The Labute approximate surface area is 160 Å². The van der Waals surface area contributed by atoms with E-state index in [1.54, 1.807) is 0 Å². The maximum atomic E-state index is 14.2. The molecule has 158 valence electrons. The SMILES string of the molecule is COC(=O)c1cc(S(C)(=O)=O)c(C2CCC(C)CC2)cc1C(F)(F)C(F)(F)F. The van der Waals surface area contributed by atoms with Crippen molar-refractivity contribution < 1.29 is 39.9 Å². The van der Waals surface area contributed by atoms with Crippen LogP contribution in [-0.4, -0.2) is 33.9 Å².